The van der Waals surface area contributed by atoms with Crippen molar-refractivity contribution >= 4 is 32.6 Å². The molecule has 0 saturated heterocycles. The highest BCUT2D eigenvalue weighted by atomic mass is 32.1. The van der Waals surface area contributed by atoms with Crippen LogP contribution in [0.3, 0.4) is 0 Å². The normalized spacial score (nSPS) is 10.8. The minimum absolute atomic E-state index is 0.137. The minimum atomic E-state index is -0.137. The molecule has 4 rings (SSSR count). The summed E-state index contributed by atoms with van der Waals surface area (Å²) in [7, 11) is 0. The van der Waals surface area contributed by atoms with Crippen molar-refractivity contribution in [3.05, 3.63) is 83.9 Å². The Hall–Kier alpha value is -2.98. The molecule has 1 amide bonds. The first kappa shape index (κ1) is 16.5. The summed E-state index contributed by atoms with van der Waals surface area (Å²) in [4.78, 5) is 17.1. The highest BCUT2D eigenvalue weighted by molar-refractivity contribution is 7.22. The predicted octanol–water partition coefficient (Wildman–Crippen LogP) is 5.78. The number of thiazole rings is 1. The molecule has 0 saturated carbocycles. The van der Waals surface area contributed by atoms with E-state index >= 15 is 0 Å². The van der Waals surface area contributed by atoms with E-state index in [9.17, 15) is 4.79 Å². The molecule has 0 atom stereocenters. The molecule has 0 fully saturated rings. The molecule has 0 spiro atoms. The molecule has 128 valence electrons. The van der Waals surface area contributed by atoms with E-state index in [0.717, 1.165) is 27.8 Å². The van der Waals surface area contributed by atoms with Gasteiger partial charge in [0.15, 0.2) is 5.13 Å². The third-order valence-corrected chi connectivity index (χ3v) is 5.29. The number of hydrogen-bond donors (Lipinski definition) is 1. The van der Waals surface area contributed by atoms with E-state index in [0.29, 0.717) is 10.7 Å². The first-order valence-corrected chi connectivity index (χ1v) is 9.41. The number of amides is 1. The Labute approximate surface area is 156 Å². The topological polar surface area (TPSA) is 42.0 Å². The van der Waals surface area contributed by atoms with Gasteiger partial charge >= 0.3 is 0 Å². The summed E-state index contributed by atoms with van der Waals surface area (Å²) in [5.74, 6) is -0.137. The van der Waals surface area contributed by atoms with Gasteiger partial charge in [0, 0.05) is 5.56 Å². The molecule has 0 aliphatic carbocycles. The van der Waals surface area contributed by atoms with Crippen LogP contribution in [0.15, 0.2) is 72.8 Å². The molecule has 4 aromatic rings. The average Bonchev–Trinajstić information content (AvgIpc) is 3.11. The van der Waals surface area contributed by atoms with Crippen LogP contribution in [0.25, 0.3) is 21.3 Å². The number of nitrogens with zero attached hydrogens (tertiary/aromatic N) is 1. The van der Waals surface area contributed by atoms with E-state index in [2.05, 4.69) is 35.4 Å². The van der Waals surface area contributed by atoms with Crippen molar-refractivity contribution in [1.29, 1.82) is 0 Å². The summed E-state index contributed by atoms with van der Waals surface area (Å²) in [5, 5.41) is 3.56. The summed E-state index contributed by atoms with van der Waals surface area (Å²) in [5.41, 5.74) is 5.04. The van der Waals surface area contributed by atoms with Crippen LogP contribution >= 0.6 is 11.3 Å². The van der Waals surface area contributed by atoms with Gasteiger partial charge in [-0.1, -0.05) is 72.9 Å². The Bertz CT molecular complexity index is 1050. The number of rotatable bonds is 4. The van der Waals surface area contributed by atoms with Gasteiger partial charge in [-0.05, 0) is 41.3 Å². The molecular weight excluding hydrogens is 340 g/mol. The number of carbonyl (C=O) groups is 1. The van der Waals surface area contributed by atoms with Crippen LogP contribution in [0.5, 0.6) is 0 Å². The van der Waals surface area contributed by atoms with Gasteiger partial charge in [0.1, 0.15) is 0 Å². The summed E-state index contributed by atoms with van der Waals surface area (Å²) in [6, 6.07) is 23.9. The summed E-state index contributed by atoms with van der Waals surface area (Å²) < 4.78 is 1.10. The lowest BCUT2D eigenvalue weighted by Crippen LogP contribution is -2.11. The lowest BCUT2D eigenvalue weighted by atomic mass is 10.0. The monoisotopic (exact) mass is 358 g/mol. The summed E-state index contributed by atoms with van der Waals surface area (Å²) >= 11 is 1.51. The number of aryl methyl sites for hydroxylation is 1. The fourth-order valence-corrected chi connectivity index (χ4v) is 3.87. The Balaban J connectivity index is 1.55. The molecule has 3 nitrogen and oxygen atoms in total. The average molecular weight is 358 g/mol. The Morgan fingerprint density at radius 3 is 2.38 bits per heavy atom. The van der Waals surface area contributed by atoms with Crippen molar-refractivity contribution in [3.8, 4) is 11.1 Å². The van der Waals surface area contributed by atoms with E-state index in [4.69, 9.17) is 0 Å². The molecule has 0 radical (unpaired) electrons. The third-order valence-electron chi connectivity index (χ3n) is 4.36. The van der Waals surface area contributed by atoms with Crippen molar-refractivity contribution in [2.24, 2.45) is 0 Å². The largest absolute Gasteiger partial charge is 0.298 e. The van der Waals surface area contributed by atoms with E-state index < -0.39 is 0 Å². The number of aromatic nitrogens is 1. The molecule has 26 heavy (non-hydrogen) atoms. The second kappa shape index (κ2) is 7.10. The predicted molar refractivity (Wildman–Crippen MR) is 109 cm³/mol. The Kier molecular flexibility index (Phi) is 4.50. The van der Waals surface area contributed by atoms with E-state index in [1.54, 1.807) is 0 Å². The number of para-hydroxylation sites is 1. The molecule has 4 heteroatoms. The minimum Gasteiger partial charge on any atom is -0.298 e. The van der Waals surface area contributed by atoms with Crippen LogP contribution in [-0.4, -0.2) is 10.9 Å². The molecule has 0 aliphatic heterocycles. The van der Waals surface area contributed by atoms with Crippen LogP contribution in [0.1, 0.15) is 22.8 Å². The van der Waals surface area contributed by atoms with Crippen LogP contribution < -0.4 is 5.32 Å². The maximum absolute atomic E-state index is 12.5. The van der Waals surface area contributed by atoms with Gasteiger partial charge in [0.05, 0.1) is 10.2 Å². The molecule has 3 aromatic carbocycles. The second-order valence-corrected chi connectivity index (χ2v) is 7.06. The van der Waals surface area contributed by atoms with Crippen LogP contribution in [0.4, 0.5) is 5.13 Å². The Morgan fingerprint density at radius 1 is 0.923 bits per heavy atom. The molecule has 1 N–H and O–H groups in total. The molecule has 1 aromatic heterocycles. The second-order valence-electron chi connectivity index (χ2n) is 6.03. The van der Waals surface area contributed by atoms with E-state index in [1.165, 1.54) is 16.9 Å². The van der Waals surface area contributed by atoms with Crippen LogP contribution in [-0.2, 0) is 6.42 Å². The zero-order valence-corrected chi connectivity index (χ0v) is 15.2. The molecule has 0 unspecified atom stereocenters. The van der Waals surface area contributed by atoms with E-state index in [-0.39, 0.29) is 5.91 Å². The number of benzene rings is 3. The molecule has 1 heterocycles. The van der Waals surface area contributed by atoms with Gasteiger partial charge < -0.3 is 0 Å². The first-order valence-electron chi connectivity index (χ1n) is 8.60. The van der Waals surface area contributed by atoms with Gasteiger partial charge in [0.2, 0.25) is 0 Å². The number of fused-ring (bicyclic) bond motifs is 1. The zero-order chi connectivity index (χ0) is 17.9. The number of carbonyl (C=O) groups excluding carboxylic acids is 1. The first-order chi connectivity index (χ1) is 12.7. The number of nitrogens with one attached hydrogen (secondary N) is 1. The van der Waals surface area contributed by atoms with Crippen LogP contribution in [0, 0.1) is 0 Å². The van der Waals surface area contributed by atoms with Crippen LogP contribution in [0.2, 0.25) is 0 Å². The van der Waals surface area contributed by atoms with Gasteiger partial charge in [-0.15, -0.1) is 0 Å². The van der Waals surface area contributed by atoms with Gasteiger partial charge in [-0.25, -0.2) is 4.98 Å². The highest BCUT2D eigenvalue weighted by Gasteiger charge is 2.11. The van der Waals surface area contributed by atoms with Crippen molar-refractivity contribution in [2.45, 2.75) is 13.3 Å². The fourth-order valence-electron chi connectivity index (χ4n) is 2.96. The van der Waals surface area contributed by atoms with Gasteiger partial charge in [-0.2, -0.15) is 0 Å². The van der Waals surface area contributed by atoms with Crippen molar-refractivity contribution in [2.75, 3.05) is 5.32 Å². The van der Waals surface area contributed by atoms with Crippen molar-refractivity contribution in [1.82, 2.24) is 4.98 Å². The third kappa shape index (κ3) is 3.24. The molecule has 0 aliphatic rings. The maximum atomic E-state index is 12.5. The van der Waals surface area contributed by atoms with Crippen molar-refractivity contribution < 1.29 is 4.79 Å². The maximum Gasteiger partial charge on any atom is 0.257 e. The SMILES string of the molecule is CCc1cccc2sc(NC(=O)c3ccc(-c4ccccc4)cc3)nc12. The highest BCUT2D eigenvalue weighted by Crippen LogP contribution is 2.29. The van der Waals surface area contributed by atoms with Crippen molar-refractivity contribution in [3.63, 3.8) is 0 Å². The quantitative estimate of drug-likeness (QED) is 0.502. The Morgan fingerprint density at radius 2 is 1.65 bits per heavy atom. The van der Waals surface area contributed by atoms with Gasteiger partial charge in [-0.3, -0.25) is 10.1 Å². The molecule has 0 bridgehead atoms. The standard InChI is InChI=1S/C22H18N2OS/c1-2-15-9-6-10-19-20(15)23-22(26-19)24-21(25)18-13-11-17(12-14-18)16-7-4-3-5-8-16/h3-14H,2H2,1H3,(H,23,24,25). The summed E-state index contributed by atoms with van der Waals surface area (Å²) in [6.45, 7) is 2.11. The smallest absolute Gasteiger partial charge is 0.257 e. The summed E-state index contributed by atoms with van der Waals surface area (Å²) in [6.07, 6.45) is 0.926. The lowest BCUT2D eigenvalue weighted by Gasteiger charge is -2.04. The van der Waals surface area contributed by atoms with Gasteiger partial charge in [0.25, 0.3) is 5.91 Å². The lowest BCUT2D eigenvalue weighted by molar-refractivity contribution is 0.102. The number of hydrogen-bond acceptors (Lipinski definition) is 3. The fraction of sp³-hybridized carbons (Fsp3) is 0.0909. The zero-order valence-electron chi connectivity index (χ0n) is 14.4. The molecular formula is C22H18N2OS. The number of anilines is 1. The van der Waals surface area contributed by atoms with E-state index in [1.807, 2.05) is 54.6 Å².